The summed E-state index contributed by atoms with van der Waals surface area (Å²) in [6.45, 7) is 3.32. The molecule has 0 atom stereocenters. The quantitative estimate of drug-likeness (QED) is 0.392. The normalized spacial score (nSPS) is 12.1. The van der Waals surface area contributed by atoms with Crippen LogP contribution >= 0.6 is 23.5 Å². The van der Waals surface area contributed by atoms with Crippen LogP contribution in [-0.2, 0) is 7.05 Å². The van der Waals surface area contributed by atoms with E-state index >= 15 is 0 Å². The molecule has 0 saturated carbocycles. The molecular weight excluding hydrogens is 469 g/mol. The van der Waals surface area contributed by atoms with Crippen LogP contribution in [0.2, 0.25) is 5.15 Å². The summed E-state index contributed by atoms with van der Waals surface area (Å²) in [4.78, 5) is 17.4. The Morgan fingerprint density at radius 2 is 1.97 bits per heavy atom. The van der Waals surface area contributed by atoms with Crippen molar-refractivity contribution in [3.63, 3.8) is 0 Å². The van der Waals surface area contributed by atoms with Crippen LogP contribution in [0.25, 0.3) is 5.82 Å². The molecule has 0 spiro atoms. The molecule has 1 N–H and O–H groups in total. The number of amides is 1. The molecule has 8 nitrogen and oxygen atoms in total. The molecule has 13 heteroatoms. The van der Waals surface area contributed by atoms with E-state index in [4.69, 9.17) is 16.3 Å². The monoisotopic (exact) mass is 488 g/mol. The number of halogens is 4. The fourth-order valence-electron chi connectivity index (χ4n) is 2.40. The SMILES string of the molecule is Cc1nn(C)cc1SNC(=O)c1ccc(-n2ccc(OCC(C)(C)C(F)(F)F)n2)nc1Cl. The summed E-state index contributed by atoms with van der Waals surface area (Å²) in [7, 11) is 1.78. The third-order valence-corrected chi connectivity index (χ3v) is 5.64. The maximum Gasteiger partial charge on any atom is 0.397 e. The molecule has 0 aromatic carbocycles. The largest absolute Gasteiger partial charge is 0.476 e. The third-order valence-electron chi connectivity index (χ3n) is 4.45. The second-order valence-corrected chi connectivity index (χ2v) is 8.77. The molecule has 172 valence electrons. The molecule has 1 amide bonds. The van der Waals surface area contributed by atoms with E-state index in [2.05, 4.69) is 19.9 Å². The van der Waals surface area contributed by atoms with Gasteiger partial charge in [-0.25, -0.2) is 9.67 Å². The lowest BCUT2D eigenvalue weighted by atomic mass is 9.94. The van der Waals surface area contributed by atoms with Gasteiger partial charge in [-0.05, 0) is 44.9 Å². The van der Waals surface area contributed by atoms with Crippen LogP contribution in [0.15, 0.2) is 35.5 Å². The fraction of sp³-hybridized carbons (Fsp3) is 0.368. The minimum absolute atomic E-state index is 0.00491. The molecule has 0 aliphatic heterocycles. The van der Waals surface area contributed by atoms with Gasteiger partial charge in [0.05, 0.1) is 21.6 Å². The summed E-state index contributed by atoms with van der Waals surface area (Å²) >= 11 is 7.28. The lowest BCUT2D eigenvalue weighted by molar-refractivity contribution is -0.219. The second kappa shape index (κ2) is 9.02. The number of ether oxygens (including phenoxy) is 1. The summed E-state index contributed by atoms with van der Waals surface area (Å²) in [5.41, 5.74) is -1.10. The number of aromatic nitrogens is 5. The Morgan fingerprint density at radius 1 is 1.25 bits per heavy atom. The van der Waals surface area contributed by atoms with E-state index in [0.29, 0.717) is 0 Å². The highest BCUT2D eigenvalue weighted by molar-refractivity contribution is 7.98. The van der Waals surface area contributed by atoms with Crippen molar-refractivity contribution < 1.29 is 22.7 Å². The van der Waals surface area contributed by atoms with Crippen LogP contribution in [0.4, 0.5) is 13.2 Å². The number of hydrogen-bond donors (Lipinski definition) is 1. The van der Waals surface area contributed by atoms with Crippen LogP contribution < -0.4 is 9.46 Å². The highest BCUT2D eigenvalue weighted by atomic mass is 35.5. The Balaban J connectivity index is 1.66. The number of alkyl halides is 3. The summed E-state index contributed by atoms with van der Waals surface area (Å²) in [5, 5.41) is 8.20. The van der Waals surface area contributed by atoms with Crippen LogP contribution in [0.5, 0.6) is 5.88 Å². The van der Waals surface area contributed by atoms with Crippen LogP contribution in [0.3, 0.4) is 0 Å². The molecule has 0 fully saturated rings. The Hall–Kier alpha value is -2.73. The number of nitrogens with zero attached hydrogens (tertiary/aromatic N) is 5. The molecule has 3 aromatic heterocycles. The zero-order chi connectivity index (χ0) is 23.7. The lowest BCUT2D eigenvalue weighted by Crippen LogP contribution is -2.37. The van der Waals surface area contributed by atoms with E-state index < -0.39 is 24.1 Å². The van der Waals surface area contributed by atoms with Crippen molar-refractivity contribution >= 4 is 29.5 Å². The van der Waals surface area contributed by atoms with E-state index in [1.807, 2.05) is 6.92 Å². The minimum Gasteiger partial charge on any atom is -0.476 e. The highest BCUT2D eigenvalue weighted by Crippen LogP contribution is 2.37. The first-order chi connectivity index (χ1) is 14.9. The molecule has 0 unspecified atom stereocenters. The first-order valence-corrected chi connectivity index (χ1v) is 10.5. The van der Waals surface area contributed by atoms with E-state index in [0.717, 1.165) is 36.4 Å². The molecule has 3 rings (SSSR count). The van der Waals surface area contributed by atoms with E-state index in [1.54, 1.807) is 17.9 Å². The van der Waals surface area contributed by atoms with Crippen molar-refractivity contribution in [2.24, 2.45) is 12.5 Å². The summed E-state index contributed by atoms with van der Waals surface area (Å²) in [5.74, 6) is -0.168. The number of rotatable bonds is 7. The number of aryl methyl sites for hydroxylation is 2. The minimum atomic E-state index is -4.41. The van der Waals surface area contributed by atoms with Gasteiger partial charge in [-0.2, -0.15) is 18.3 Å². The van der Waals surface area contributed by atoms with E-state index in [9.17, 15) is 18.0 Å². The Morgan fingerprint density at radius 3 is 2.56 bits per heavy atom. The van der Waals surface area contributed by atoms with E-state index in [1.165, 1.54) is 29.1 Å². The van der Waals surface area contributed by atoms with Crippen molar-refractivity contribution in [1.82, 2.24) is 29.3 Å². The van der Waals surface area contributed by atoms with Gasteiger partial charge < -0.3 is 4.74 Å². The number of nitrogens with one attached hydrogen (secondary N) is 1. The average Bonchev–Trinajstić information content (AvgIpc) is 3.29. The zero-order valence-corrected chi connectivity index (χ0v) is 19.1. The van der Waals surface area contributed by atoms with Crippen molar-refractivity contribution in [2.75, 3.05) is 6.61 Å². The molecule has 0 bridgehead atoms. The molecule has 0 aliphatic carbocycles. The number of carbonyl (C=O) groups is 1. The van der Waals surface area contributed by atoms with Gasteiger partial charge in [-0.15, -0.1) is 5.10 Å². The van der Waals surface area contributed by atoms with E-state index in [-0.39, 0.29) is 22.4 Å². The van der Waals surface area contributed by atoms with Gasteiger partial charge >= 0.3 is 6.18 Å². The number of carbonyl (C=O) groups excluding carboxylic acids is 1. The fourth-order valence-corrected chi connectivity index (χ4v) is 3.35. The van der Waals surface area contributed by atoms with Crippen molar-refractivity contribution in [1.29, 1.82) is 0 Å². The van der Waals surface area contributed by atoms with Gasteiger partial charge in [0.25, 0.3) is 5.91 Å². The van der Waals surface area contributed by atoms with Gasteiger partial charge in [0.1, 0.15) is 11.8 Å². The Kier molecular flexibility index (Phi) is 6.75. The van der Waals surface area contributed by atoms with Crippen molar-refractivity contribution in [3.8, 4) is 11.7 Å². The molecule has 0 radical (unpaired) electrons. The van der Waals surface area contributed by atoms with Gasteiger partial charge in [-0.3, -0.25) is 14.2 Å². The summed E-state index contributed by atoms with van der Waals surface area (Å²) in [6, 6.07) is 4.40. The Bertz CT molecular complexity index is 1130. The topological polar surface area (TPSA) is 86.9 Å². The molecule has 0 aliphatic rings. The maximum atomic E-state index is 13.0. The van der Waals surface area contributed by atoms with Gasteiger partial charge in [0.2, 0.25) is 5.88 Å². The smallest absolute Gasteiger partial charge is 0.397 e. The maximum absolute atomic E-state index is 13.0. The third kappa shape index (κ3) is 5.36. The predicted octanol–water partition coefficient (Wildman–Crippen LogP) is 4.37. The summed E-state index contributed by atoms with van der Waals surface area (Å²) in [6.07, 6.45) is -1.17. The standard InChI is InChI=1S/C19H20ClF3N6O2S/c1-11-13(9-28(4)25-11)32-27-17(30)12-5-6-14(24-16(12)20)29-8-7-15(26-29)31-10-18(2,3)19(21,22)23/h5-9H,10H2,1-4H3,(H,27,30). The van der Waals surface area contributed by atoms with Gasteiger partial charge in [0.15, 0.2) is 5.82 Å². The molecular formula is C19H20ClF3N6O2S. The first-order valence-electron chi connectivity index (χ1n) is 9.27. The van der Waals surface area contributed by atoms with Crippen LogP contribution in [-0.4, -0.2) is 43.2 Å². The second-order valence-electron chi connectivity index (χ2n) is 7.56. The number of hydrogen-bond acceptors (Lipinski definition) is 6. The van der Waals surface area contributed by atoms with Gasteiger partial charge in [0, 0.05) is 25.5 Å². The van der Waals surface area contributed by atoms with Crippen molar-refractivity contribution in [3.05, 3.63) is 47.0 Å². The van der Waals surface area contributed by atoms with Crippen molar-refractivity contribution in [2.45, 2.75) is 31.8 Å². The highest BCUT2D eigenvalue weighted by Gasteiger charge is 2.48. The van der Waals surface area contributed by atoms with Gasteiger partial charge in [-0.1, -0.05) is 11.6 Å². The van der Waals surface area contributed by atoms with Crippen LogP contribution in [0.1, 0.15) is 29.9 Å². The first kappa shape index (κ1) is 23.9. The lowest BCUT2D eigenvalue weighted by Gasteiger charge is -2.26. The summed E-state index contributed by atoms with van der Waals surface area (Å²) < 4.78 is 49.7. The predicted molar refractivity (Wildman–Crippen MR) is 113 cm³/mol. The average molecular weight is 489 g/mol. The molecule has 3 heterocycles. The Labute approximate surface area is 191 Å². The van der Waals surface area contributed by atoms with Crippen LogP contribution in [0, 0.1) is 12.3 Å². The number of pyridine rings is 1. The molecule has 0 saturated heterocycles. The zero-order valence-electron chi connectivity index (χ0n) is 17.6. The molecule has 32 heavy (non-hydrogen) atoms. The molecule has 3 aromatic rings.